The molecule has 1 fully saturated rings. The second kappa shape index (κ2) is 5.30. The van der Waals surface area contributed by atoms with Crippen LogP contribution in [-0.4, -0.2) is 24.6 Å². The Balaban J connectivity index is 2.03. The van der Waals surface area contributed by atoms with E-state index in [9.17, 15) is 0 Å². The summed E-state index contributed by atoms with van der Waals surface area (Å²) < 4.78 is 0. The highest BCUT2D eigenvalue weighted by Crippen LogP contribution is 2.23. The average Bonchev–Trinajstić information content (AvgIpc) is 2.30. The van der Waals surface area contributed by atoms with Crippen molar-refractivity contribution in [2.24, 2.45) is 11.7 Å². The zero-order valence-electron chi connectivity index (χ0n) is 10.0. The molecule has 0 aromatic carbocycles. The molecule has 1 unspecified atom stereocenters. The molecule has 0 bridgehead atoms. The number of aromatic nitrogens is 1. The monoisotopic (exact) mass is 219 g/mol. The largest absolute Gasteiger partial charge is 0.356 e. The van der Waals surface area contributed by atoms with Gasteiger partial charge >= 0.3 is 0 Å². The van der Waals surface area contributed by atoms with Crippen molar-refractivity contribution >= 4 is 5.82 Å². The normalized spacial score (nSPS) is 21.1. The third kappa shape index (κ3) is 2.73. The molecule has 2 heterocycles. The maximum atomic E-state index is 5.63. The van der Waals surface area contributed by atoms with Crippen LogP contribution in [0.2, 0.25) is 0 Å². The highest BCUT2D eigenvalue weighted by Gasteiger charge is 2.20. The average molecular weight is 219 g/mol. The SMILES string of the molecule is Cc1ccnc(N2CCCC(CCN)C2)c1. The first-order valence-electron chi connectivity index (χ1n) is 6.17. The van der Waals surface area contributed by atoms with Gasteiger partial charge in [-0.05, 0) is 56.3 Å². The zero-order chi connectivity index (χ0) is 11.4. The lowest BCUT2D eigenvalue weighted by Gasteiger charge is -2.33. The van der Waals surface area contributed by atoms with E-state index in [4.69, 9.17) is 5.73 Å². The molecule has 3 nitrogen and oxygen atoms in total. The Bertz CT molecular complexity index is 336. The van der Waals surface area contributed by atoms with Crippen molar-refractivity contribution in [3.63, 3.8) is 0 Å². The van der Waals surface area contributed by atoms with Crippen molar-refractivity contribution in [1.29, 1.82) is 0 Å². The summed E-state index contributed by atoms with van der Waals surface area (Å²) in [7, 11) is 0. The molecule has 0 amide bonds. The topological polar surface area (TPSA) is 42.2 Å². The lowest BCUT2D eigenvalue weighted by molar-refractivity contribution is 0.394. The lowest BCUT2D eigenvalue weighted by Crippen LogP contribution is -2.36. The van der Waals surface area contributed by atoms with Crippen LogP contribution in [0.4, 0.5) is 5.82 Å². The van der Waals surface area contributed by atoms with Crippen molar-refractivity contribution in [3.05, 3.63) is 23.9 Å². The van der Waals surface area contributed by atoms with E-state index >= 15 is 0 Å². The first-order valence-corrected chi connectivity index (χ1v) is 6.17. The minimum Gasteiger partial charge on any atom is -0.356 e. The summed E-state index contributed by atoms with van der Waals surface area (Å²) in [6, 6.07) is 4.22. The fourth-order valence-electron chi connectivity index (χ4n) is 2.44. The van der Waals surface area contributed by atoms with Crippen molar-refractivity contribution in [2.75, 3.05) is 24.5 Å². The number of rotatable bonds is 3. The molecular weight excluding hydrogens is 198 g/mol. The van der Waals surface area contributed by atoms with Gasteiger partial charge in [-0.3, -0.25) is 0 Å². The van der Waals surface area contributed by atoms with Crippen LogP contribution in [0.3, 0.4) is 0 Å². The van der Waals surface area contributed by atoms with Gasteiger partial charge in [0.2, 0.25) is 0 Å². The molecule has 1 aromatic rings. The molecule has 1 aliphatic rings. The second-order valence-electron chi connectivity index (χ2n) is 4.72. The van der Waals surface area contributed by atoms with E-state index in [-0.39, 0.29) is 0 Å². The van der Waals surface area contributed by atoms with Crippen LogP contribution in [0.1, 0.15) is 24.8 Å². The van der Waals surface area contributed by atoms with Crippen LogP contribution in [-0.2, 0) is 0 Å². The maximum absolute atomic E-state index is 5.63. The van der Waals surface area contributed by atoms with Gasteiger partial charge in [-0.1, -0.05) is 0 Å². The molecule has 0 aliphatic carbocycles. The molecule has 1 saturated heterocycles. The molecule has 0 radical (unpaired) electrons. The van der Waals surface area contributed by atoms with Crippen LogP contribution in [0.15, 0.2) is 18.3 Å². The minimum absolute atomic E-state index is 0.751. The molecule has 2 rings (SSSR count). The summed E-state index contributed by atoms with van der Waals surface area (Å²) in [6.45, 7) is 5.18. The first-order chi connectivity index (χ1) is 7.79. The van der Waals surface area contributed by atoms with E-state index in [1.165, 1.54) is 18.4 Å². The molecule has 0 spiro atoms. The molecule has 1 aromatic heterocycles. The Hall–Kier alpha value is -1.09. The van der Waals surface area contributed by atoms with Crippen LogP contribution < -0.4 is 10.6 Å². The number of hydrogen-bond donors (Lipinski definition) is 1. The molecule has 2 N–H and O–H groups in total. The Morgan fingerprint density at radius 2 is 2.44 bits per heavy atom. The van der Waals surface area contributed by atoms with Gasteiger partial charge in [-0.2, -0.15) is 0 Å². The van der Waals surface area contributed by atoms with Gasteiger partial charge in [0, 0.05) is 19.3 Å². The number of nitrogens with two attached hydrogens (primary N) is 1. The Morgan fingerprint density at radius 1 is 1.56 bits per heavy atom. The molecule has 16 heavy (non-hydrogen) atoms. The van der Waals surface area contributed by atoms with E-state index in [1.54, 1.807) is 0 Å². The standard InChI is InChI=1S/C13H21N3/c1-11-5-7-15-13(9-11)16-8-2-3-12(10-16)4-6-14/h5,7,9,12H,2-4,6,8,10,14H2,1H3. The molecular formula is C13H21N3. The van der Waals surface area contributed by atoms with Gasteiger partial charge in [-0.25, -0.2) is 4.98 Å². The minimum atomic E-state index is 0.751. The Labute approximate surface area is 97.7 Å². The van der Waals surface area contributed by atoms with Crippen LogP contribution in [0.5, 0.6) is 0 Å². The van der Waals surface area contributed by atoms with Crippen LogP contribution in [0, 0.1) is 12.8 Å². The summed E-state index contributed by atoms with van der Waals surface area (Å²) >= 11 is 0. The zero-order valence-corrected chi connectivity index (χ0v) is 10.0. The molecule has 1 aliphatic heterocycles. The third-order valence-corrected chi connectivity index (χ3v) is 3.32. The van der Waals surface area contributed by atoms with E-state index in [2.05, 4.69) is 22.9 Å². The quantitative estimate of drug-likeness (QED) is 0.845. The van der Waals surface area contributed by atoms with Gasteiger partial charge in [0.05, 0.1) is 0 Å². The smallest absolute Gasteiger partial charge is 0.128 e. The number of anilines is 1. The second-order valence-corrected chi connectivity index (χ2v) is 4.72. The molecule has 3 heteroatoms. The summed E-state index contributed by atoms with van der Waals surface area (Å²) in [5, 5.41) is 0. The lowest BCUT2D eigenvalue weighted by atomic mass is 9.95. The van der Waals surface area contributed by atoms with E-state index in [1.807, 2.05) is 12.3 Å². The van der Waals surface area contributed by atoms with E-state index < -0.39 is 0 Å². The summed E-state index contributed by atoms with van der Waals surface area (Å²) in [5.74, 6) is 1.88. The number of piperidine rings is 1. The maximum Gasteiger partial charge on any atom is 0.128 e. The van der Waals surface area contributed by atoms with Gasteiger partial charge in [0.25, 0.3) is 0 Å². The number of aryl methyl sites for hydroxylation is 1. The number of nitrogens with zero attached hydrogens (tertiary/aromatic N) is 2. The summed E-state index contributed by atoms with van der Waals surface area (Å²) in [4.78, 5) is 6.85. The van der Waals surface area contributed by atoms with E-state index in [0.717, 1.165) is 37.8 Å². The van der Waals surface area contributed by atoms with Gasteiger partial charge in [0.1, 0.15) is 5.82 Å². The van der Waals surface area contributed by atoms with Crippen molar-refractivity contribution in [2.45, 2.75) is 26.2 Å². The van der Waals surface area contributed by atoms with Gasteiger partial charge in [-0.15, -0.1) is 0 Å². The van der Waals surface area contributed by atoms with Crippen LogP contribution in [0.25, 0.3) is 0 Å². The third-order valence-electron chi connectivity index (χ3n) is 3.32. The molecule has 1 atom stereocenters. The number of pyridine rings is 1. The Kier molecular flexibility index (Phi) is 3.78. The highest BCUT2D eigenvalue weighted by molar-refractivity contribution is 5.41. The molecule has 0 saturated carbocycles. The van der Waals surface area contributed by atoms with Crippen molar-refractivity contribution < 1.29 is 0 Å². The fourth-order valence-corrected chi connectivity index (χ4v) is 2.44. The van der Waals surface area contributed by atoms with E-state index in [0.29, 0.717) is 0 Å². The Morgan fingerprint density at radius 3 is 3.19 bits per heavy atom. The van der Waals surface area contributed by atoms with Gasteiger partial charge in [0.15, 0.2) is 0 Å². The fraction of sp³-hybridized carbons (Fsp3) is 0.615. The highest BCUT2D eigenvalue weighted by atomic mass is 15.2. The van der Waals surface area contributed by atoms with Crippen molar-refractivity contribution in [3.8, 4) is 0 Å². The summed E-state index contributed by atoms with van der Waals surface area (Å²) in [5.41, 5.74) is 6.92. The first kappa shape index (κ1) is 11.4. The van der Waals surface area contributed by atoms with Crippen LogP contribution >= 0.6 is 0 Å². The predicted octanol–water partition coefficient (Wildman–Crippen LogP) is 1.96. The van der Waals surface area contributed by atoms with Gasteiger partial charge < -0.3 is 10.6 Å². The van der Waals surface area contributed by atoms with Crippen molar-refractivity contribution in [1.82, 2.24) is 4.98 Å². The summed E-state index contributed by atoms with van der Waals surface area (Å²) in [6.07, 6.45) is 5.62. The molecule has 88 valence electrons. The predicted molar refractivity (Wildman–Crippen MR) is 67.6 cm³/mol. The number of hydrogen-bond acceptors (Lipinski definition) is 3.